The number of carbonyl (C=O) groups is 2. The van der Waals surface area contributed by atoms with Gasteiger partial charge in [0.25, 0.3) is 0 Å². The second-order valence-electron chi connectivity index (χ2n) is 12.6. The van der Waals surface area contributed by atoms with Gasteiger partial charge in [-0.1, -0.05) is 6.92 Å². The molecule has 192 valence electrons. The molecule has 0 radical (unpaired) electrons. The summed E-state index contributed by atoms with van der Waals surface area (Å²) < 4.78 is 25.4. The van der Waals surface area contributed by atoms with Crippen LogP contribution in [-0.4, -0.2) is 39.8 Å². The third-order valence-corrected chi connectivity index (χ3v) is 8.60. The van der Waals surface area contributed by atoms with Crippen LogP contribution >= 0.6 is 0 Å². The second kappa shape index (κ2) is 7.80. The molecule has 2 bridgehead atoms. The minimum absolute atomic E-state index is 0.0411. The van der Waals surface area contributed by atoms with E-state index in [9.17, 15) is 14.0 Å². The van der Waals surface area contributed by atoms with Crippen molar-refractivity contribution in [2.45, 2.75) is 82.6 Å². The van der Waals surface area contributed by atoms with Crippen molar-refractivity contribution in [2.24, 2.45) is 23.7 Å². The largest absolute Gasteiger partial charge is 0.490 e. The van der Waals surface area contributed by atoms with Crippen molar-refractivity contribution < 1.29 is 23.5 Å². The van der Waals surface area contributed by atoms with Gasteiger partial charge in [-0.15, -0.1) is 0 Å². The Balaban J connectivity index is 0.980. The van der Waals surface area contributed by atoms with Gasteiger partial charge < -0.3 is 20.1 Å². The van der Waals surface area contributed by atoms with Crippen LogP contribution in [0.2, 0.25) is 0 Å². The number of alkyl carbamates (subject to hydrolysis) is 1. The number of carbonyl (C=O) groups excluding carboxylic acids is 2. The van der Waals surface area contributed by atoms with E-state index in [0.717, 1.165) is 37.6 Å². The van der Waals surface area contributed by atoms with E-state index >= 15 is 0 Å². The van der Waals surface area contributed by atoms with E-state index in [1.54, 1.807) is 18.3 Å². The molecule has 5 aliphatic carbocycles. The lowest BCUT2D eigenvalue weighted by molar-refractivity contribution is -0.144. The molecule has 7 rings (SSSR count). The Morgan fingerprint density at radius 1 is 1.08 bits per heavy atom. The molecule has 8 heteroatoms. The molecule has 5 fully saturated rings. The molecule has 1 aromatic heterocycles. The van der Waals surface area contributed by atoms with Crippen molar-refractivity contribution in [1.82, 2.24) is 15.6 Å². The van der Waals surface area contributed by atoms with Crippen LogP contribution in [0.1, 0.15) is 59.8 Å². The van der Waals surface area contributed by atoms with Gasteiger partial charge >= 0.3 is 6.09 Å². The number of rotatable bonds is 6. The summed E-state index contributed by atoms with van der Waals surface area (Å²) in [6.07, 6.45) is 5.53. The second-order valence-corrected chi connectivity index (χ2v) is 12.6. The van der Waals surface area contributed by atoms with Crippen LogP contribution in [0, 0.1) is 29.5 Å². The first kappa shape index (κ1) is 23.5. The number of nitrogens with one attached hydrogen (secondary N) is 2. The number of pyridine rings is 1. The zero-order chi connectivity index (χ0) is 25.5. The number of nitrogens with zero attached hydrogens (tertiary/aromatic N) is 1. The summed E-state index contributed by atoms with van der Waals surface area (Å²) in [4.78, 5) is 29.5. The van der Waals surface area contributed by atoms with E-state index in [4.69, 9.17) is 9.47 Å². The molecule has 1 aromatic carbocycles. The Morgan fingerprint density at radius 3 is 2.42 bits per heavy atom. The number of ether oxygens (including phenoxy) is 2. The van der Waals surface area contributed by atoms with E-state index < -0.39 is 5.60 Å². The zero-order valence-corrected chi connectivity index (χ0v) is 21.3. The molecule has 3 unspecified atom stereocenters. The number of aromatic nitrogens is 1. The third-order valence-electron chi connectivity index (χ3n) is 8.60. The summed E-state index contributed by atoms with van der Waals surface area (Å²) in [7, 11) is 0. The molecule has 2 N–H and O–H groups in total. The van der Waals surface area contributed by atoms with Crippen molar-refractivity contribution >= 4 is 22.9 Å². The highest BCUT2D eigenvalue weighted by atomic mass is 19.1. The van der Waals surface area contributed by atoms with Crippen LogP contribution in [0.4, 0.5) is 9.18 Å². The maximum Gasteiger partial charge on any atom is 0.408 e. The quantitative estimate of drug-likeness (QED) is 0.605. The normalized spacial score (nSPS) is 34.6. The number of halogens is 1. The predicted octanol–water partition coefficient (Wildman–Crippen LogP) is 4.73. The average Bonchev–Trinajstić information content (AvgIpc) is 3.24. The van der Waals surface area contributed by atoms with Gasteiger partial charge in [0.1, 0.15) is 17.2 Å². The highest BCUT2D eigenvalue weighted by Crippen LogP contribution is 2.63. The Hall–Kier alpha value is -2.90. The van der Waals surface area contributed by atoms with Gasteiger partial charge in [-0.25, -0.2) is 9.18 Å². The van der Waals surface area contributed by atoms with Gasteiger partial charge in [0.05, 0.1) is 17.2 Å². The van der Waals surface area contributed by atoms with Crippen LogP contribution in [0.25, 0.3) is 10.9 Å². The molecular weight excluding hydrogens is 461 g/mol. The molecule has 0 saturated heterocycles. The zero-order valence-electron chi connectivity index (χ0n) is 21.3. The molecule has 5 saturated carbocycles. The molecule has 5 atom stereocenters. The van der Waals surface area contributed by atoms with Crippen LogP contribution in [0.3, 0.4) is 0 Å². The van der Waals surface area contributed by atoms with Crippen molar-refractivity contribution in [1.29, 1.82) is 0 Å². The molecule has 1 heterocycles. The topological polar surface area (TPSA) is 89.6 Å². The molecular formula is C28H34FN3O4. The van der Waals surface area contributed by atoms with Crippen LogP contribution in [0.15, 0.2) is 30.5 Å². The number of hydrogen-bond donors (Lipinski definition) is 2. The fourth-order valence-corrected chi connectivity index (χ4v) is 7.18. The number of hydrogen-bond acceptors (Lipinski definition) is 5. The van der Waals surface area contributed by atoms with Crippen molar-refractivity contribution in [2.75, 3.05) is 0 Å². The van der Waals surface area contributed by atoms with Crippen molar-refractivity contribution in [3.8, 4) is 5.75 Å². The van der Waals surface area contributed by atoms with Crippen molar-refractivity contribution in [3.05, 3.63) is 36.3 Å². The van der Waals surface area contributed by atoms with Gasteiger partial charge in [0, 0.05) is 23.0 Å². The highest BCUT2D eigenvalue weighted by molar-refractivity contribution is 5.85. The lowest BCUT2D eigenvalue weighted by atomic mass is 9.44. The summed E-state index contributed by atoms with van der Waals surface area (Å²) in [6, 6.07) is 6.35. The molecule has 2 amide bonds. The Labute approximate surface area is 210 Å². The molecule has 36 heavy (non-hydrogen) atoms. The summed E-state index contributed by atoms with van der Waals surface area (Å²) in [5.41, 5.74) is -0.199. The van der Waals surface area contributed by atoms with Gasteiger partial charge in [-0.2, -0.15) is 0 Å². The van der Waals surface area contributed by atoms with E-state index in [1.165, 1.54) is 12.1 Å². The number of amides is 2. The summed E-state index contributed by atoms with van der Waals surface area (Å²) in [6.45, 7) is 7.58. The summed E-state index contributed by atoms with van der Waals surface area (Å²) in [5, 5.41) is 6.98. The maximum absolute atomic E-state index is 13.8. The first-order valence-electron chi connectivity index (χ1n) is 13.0. The van der Waals surface area contributed by atoms with Gasteiger partial charge in [-0.3, -0.25) is 9.78 Å². The third kappa shape index (κ3) is 4.08. The molecule has 7 nitrogen and oxygen atoms in total. The lowest BCUT2D eigenvalue weighted by Crippen LogP contribution is -2.84. The fourth-order valence-electron chi connectivity index (χ4n) is 7.18. The monoisotopic (exact) mass is 495 g/mol. The Morgan fingerprint density at radius 2 is 1.75 bits per heavy atom. The predicted molar refractivity (Wildman–Crippen MR) is 132 cm³/mol. The van der Waals surface area contributed by atoms with Gasteiger partial charge in [0.2, 0.25) is 5.91 Å². The standard InChI is InChI=1S/C28H34FN3O4/c1-15(24(33)31-27-12-28(13-27,14-27)32-25(34)36-26(2,3)4)23-18-10-17(11-19(18)23)35-22-7-8-30-21-6-5-16(29)9-20(21)22/h5-9,15,17-19,23H,10-14H2,1-4H3,(H,31,33)(H,32,34)/t15?,17?,18-,19+,23?,27?,28?. The summed E-state index contributed by atoms with van der Waals surface area (Å²) in [5.74, 6) is 1.82. The van der Waals surface area contributed by atoms with Gasteiger partial charge in [0.15, 0.2) is 0 Å². The minimum atomic E-state index is -0.522. The average molecular weight is 496 g/mol. The molecule has 0 spiro atoms. The van der Waals surface area contributed by atoms with Crippen LogP contribution < -0.4 is 15.4 Å². The Kier molecular flexibility index (Phi) is 5.09. The minimum Gasteiger partial charge on any atom is -0.490 e. The SMILES string of the molecule is CC(C(=O)NC12CC(NC(=O)OC(C)(C)C)(C1)C2)C1[C@H]2CC(Oc3ccnc4ccc(F)cc34)C[C@@H]12. The smallest absolute Gasteiger partial charge is 0.408 e. The van der Waals surface area contributed by atoms with E-state index in [1.807, 2.05) is 27.7 Å². The van der Waals surface area contributed by atoms with E-state index in [0.29, 0.717) is 28.9 Å². The maximum atomic E-state index is 13.8. The van der Waals surface area contributed by atoms with Crippen LogP contribution in [0.5, 0.6) is 5.75 Å². The fraction of sp³-hybridized carbons (Fsp3) is 0.607. The van der Waals surface area contributed by atoms with E-state index in [2.05, 4.69) is 15.6 Å². The highest BCUT2D eigenvalue weighted by Gasteiger charge is 2.70. The lowest BCUT2D eigenvalue weighted by Gasteiger charge is -2.70. The molecule has 5 aliphatic rings. The van der Waals surface area contributed by atoms with Gasteiger partial charge in [-0.05, 0) is 94.9 Å². The first-order chi connectivity index (χ1) is 16.9. The number of benzene rings is 1. The summed E-state index contributed by atoms with van der Waals surface area (Å²) >= 11 is 0. The van der Waals surface area contributed by atoms with Crippen LogP contribution in [-0.2, 0) is 9.53 Å². The molecule has 2 aromatic rings. The van der Waals surface area contributed by atoms with E-state index in [-0.39, 0.29) is 40.9 Å². The first-order valence-corrected chi connectivity index (χ1v) is 13.0. The van der Waals surface area contributed by atoms with Crippen molar-refractivity contribution in [3.63, 3.8) is 0 Å². The Bertz CT molecular complexity index is 1210. The number of fused-ring (bicyclic) bond motifs is 2. The molecule has 0 aliphatic heterocycles.